The Balaban J connectivity index is 1.66. The maximum Gasteiger partial charge on any atom is 0.173 e. The number of carbonyl (C=O) groups excluding carboxylic acids is 1. The van der Waals surface area contributed by atoms with Crippen LogP contribution in [0.25, 0.3) is 10.2 Å². The van der Waals surface area contributed by atoms with E-state index in [1.54, 1.807) is 24.9 Å². The molecule has 1 aromatic carbocycles. The Bertz CT molecular complexity index is 1030. The van der Waals surface area contributed by atoms with E-state index in [0.717, 1.165) is 28.5 Å². The number of aryl methyl sites for hydroxylation is 2. The highest BCUT2D eigenvalue weighted by molar-refractivity contribution is 8.00. The first-order valence-electron chi connectivity index (χ1n) is 9.69. The van der Waals surface area contributed by atoms with Crippen molar-refractivity contribution in [2.45, 2.75) is 50.5 Å². The van der Waals surface area contributed by atoms with Crippen molar-refractivity contribution in [3.05, 3.63) is 46.1 Å². The summed E-state index contributed by atoms with van der Waals surface area (Å²) in [6, 6.07) is 7.34. The van der Waals surface area contributed by atoms with Crippen molar-refractivity contribution in [3.63, 3.8) is 0 Å². The molecule has 0 fully saturated rings. The molecule has 28 heavy (non-hydrogen) atoms. The van der Waals surface area contributed by atoms with E-state index in [0.29, 0.717) is 17.1 Å². The second-order valence-electron chi connectivity index (χ2n) is 7.38. The summed E-state index contributed by atoms with van der Waals surface area (Å²) < 4.78 is 5.24. The SMILES string of the molecule is COc1cccc(C(=O)CSc2nc(C(C)C)nc3sc4c(c23)CCCC4)c1. The van der Waals surface area contributed by atoms with Crippen molar-refractivity contribution in [1.29, 1.82) is 0 Å². The maximum absolute atomic E-state index is 12.8. The molecule has 0 amide bonds. The second-order valence-corrected chi connectivity index (χ2v) is 9.42. The van der Waals surface area contributed by atoms with Crippen LogP contribution in [-0.2, 0) is 12.8 Å². The average Bonchev–Trinajstić information content (AvgIpc) is 3.10. The third kappa shape index (κ3) is 3.80. The predicted octanol–water partition coefficient (Wildman–Crippen LogP) is 5.68. The number of thiophene rings is 1. The van der Waals surface area contributed by atoms with E-state index in [9.17, 15) is 4.79 Å². The fourth-order valence-electron chi connectivity index (χ4n) is 3.52. The zero-order valence-electron chi connectivity index (χ0n) is 16.4. The number of ether oxygens (including phenoxy) is 1. The van der Waals surface area contributed by atoms with Gasteiger partial charge in [-0.15, -0.1) is 11.3 Å². The van der Waals surface area contributed by atoms with Gasteiger partial charge in [-0.2, -0.15) is 0 Å². The highest BCUT2D eigenvalue weighted by atomic mass is 32.2. The van der Waals surface area contributed by atoms with Gasteiger partial charge < -0.3 is 4.74 Å². The molecule has 0 atom stereocenters. The molecule has 0 saturated carbocycles. The minimum Gasteiger partial charge on any atom is -0.497 e. The lowest BCUT2D eigenvalue weighted by Gasteiger charge is -2.12. The van der Waals surface area contributed by atoms with Crippen LogP contribution in [-0.4, -0.2) is 28.6 Å². The van der Waals surface area contributed by atoms with Crippen molar-refractivity contribution >= 4 is 39.1 Å². The van der Waals surface area contributed by atoms with Crippen LogP contribution in [0.5, 0.6) is 5.75 Å². The normalized spacial score (nSPS) is 13.7. The molecular formula is C22H24N2O2S2. The van der Waals surface area contributed by atoms with Gasteiger partial charge in [-0.25, -0.2) is 9.97 Å². The van der Waals surface area contributed by atoms with Crippen LogP contribution < -0.4 is 4.74 Å². The molecule has 2 aromatic heterocycles. The predicted molar refractivity (Wildman–Crippen MR) is 116 cm³/mol. The molecule has 4 rings (SSSR count). The number of hydrogen-bond acceptors (Lipinski definition) is 6. The summed E-state index contributed by atoms with van der Waals surface area (Å²) >= 11 is 3.36. The van der Waals surface area contributed by atoms with Crippen molar-refractivity contribution in [2.75, 3.05) is 12.9 Å². The van der Waals surface area contributed by atoms with Gasteiger partial charge in [-0.05, 0) is 43.4 Å². The van der Waals surface area contributed by atoms with Crippen molar-refractivity contribution in [2.24, 2.45) is 0 Å². The summed E-state index contributed by atoms with van der Waals surface area (Å²) in [4.78, 5) is 25.0. The molecule has 0 spiro atoms. The first-order chi connectivity index (χ1) is 13.6. The lowest BCUT2D eigenvalue weighted by Crippen LogP contribution is -2.05. The molecule has 0 N–H and O–H groups in total. The van der Waals surface area contributed by atoms with E-state index in [1.807, 2.05) is 29.5 Å². The Hall–Kier alpha value is -1.92. The summed E-state index contributed by atoms with van der Waals surface area (Å²) in [7, 11) is 1.61. The van der Waals surface area contributed by atoms with Crippen LogP contribution in [0.15, 0.2) is 29.3 Å². The van der Waals surface area contributed by atoms with Gasteiger partial charge in [0.1, 0.15) is 21.4 Å². The molecule has 146 valence electrons. The third-order valence-corrected chi connectivity index (χ3v) is 7.21. The number of methoxy groups -OCH3 is 1. The molecule has 0 bridgehead atoms. The van der Waals surface area contributed by atoms with Crippen LogP contribution >= 0.6 is 23.1 Å². The van der Waals surface area contributed by atoms with Crippen LogP contribution in [0.2, 0.25) is 0 Å². The zero-order valence-corrected chi connectivity index (χ0v) is 18.1. The average molecular weight is 413 g/mol. The van der Waals surface area contributed by atoms with Gasteiger partial charge in [-0.1, -0.05) is 37.7 Å². The highest BCUT2D eigenvalue weighted by Crippen LogP contribution is 2.40. The number of ketones is 1. The summed E-state index contributed by atoms with van der Waals surface area (Å²) in [6.45, 7) is 4.23. The molecule has 3 aromatic rings. The number of aromatic nitrogens is 2. The zero-order chi connectivity index (χ0) is 19.7. The lowest BCUT2D eigenvalue weighted by atomic mass is 9.97. The summed E-state index contributed by atoms with van der Waals surface area (Å²) in [5, 5.41) is 2.15. The van der Waals surface area contributed by atoms with Gasteiger partial charge in [0, 0.05) is 21.7 Å². The fraction of sp³-hybridized carbons (Fsp3) is 0.409. The van der Waals surface area contributed by atoms with Gasteiger partial charge >= 0.3 is 0 Å². The quantitative estimate of drug-likeness (QED) is 0.296. The third-order valence-electron chi connectivity index (χ3n) is 5.05. The van der Waals surface area contributed by atoms with Gasteiger partial charge in [0.05, 0.1) is 12.9 Å². The lowest BCUT2D eigenvalue weighted by molar-refractivity contribution is 0.102. The smallest absolute Gasteiger partial charge is 0.173 e. The van der Waals surface area contributed by atoms with Gasteiger partial charge in [-0.3, -0.25) is 4.79 Å². The van der Waals surface area contributed by atoms with Crippen LogP contribution in [0.1, 0.15) is 59.2 Å². The molecule has 4 nitrogen and oxygen atoms in total. The van der Waals surface area contributed by atoms with E-state index in [1.165, 1.54) is 28.7 Å². The second kappa shape index (κ2) is 8.21. The van der Waals surface area contributed by atoms with Crippen LogP contribution in [0, 0.1) is 0 Å². The number of thioether (sulfide) groups is 1. The molecule has 1 aliphatic carbocycles. The molecule has 6 heteroatoms. The Morgan fingerprint density at radius 3 is 2.86 bits per heavy atom. The Labute approximate surface area is 173 Å². The van der Waals surface area contributed by atoms with Crippen molar-refractivity contribution < 1.29 is 9.53 Å². The number of carbonyl (C=O) groups is 1. The Morgan fingerprint density at radius 1 is 1.25 bits per heavy atom. The monoisotopic (exact) mass is 412 g/mol. The number of fused-ring (bicyclic) bond motifs is 3. The Kier molecular flexibility index (Phi) is 5.69. The van der Waals surface area contributed by atoms with E-state index in [-0.39, 0.29) is 11.7 Å². The fourth-order valence-corrected chi connectivity index (χ4v) is 5.81. The summed E-state index contributed by atoms with van der Waals surface area (Å²) in [5.41, 5.74) is 2.09. The first kappa shape index (κ1) is 19.4. The molecular weight excluding hydrogens is 388 g/mol. The largest absolute Gasteiger partial charge is 0.497 e. The Morgan fingerprint density at radius 2 is 2.07 bits per heavy atom. The van der Waals surface area contributed by atoms with Crippen LogP contribution in [0.4, 0.5) is 0 Å². The molecule has 0 saturated heterocycles. The van der Waals surface area contributed by atoms with Crippen LogP contribution in [0.3, 0.4) is 0 Å². The number of rotatable bonds is 6. The summed E-state index contributed by atoms with van der Waals surface area (Å²) in [6.07, 6.45) is 4.70. The van der Waals surface area contributed by atoms with Gasteiger partial charge in [0.25, 0.3) is 0 Å². The number of nitrogens with zero attached hydrogens (tertiary/aromatic N) is 2. The minimum atomic E-state index is 0.0888. The first-order valence-corrected chi connectivity index (χ1v) is 11.5. The minimum absolute atomic E-state index is 0.0888. The van der Waals surface area contributed by atoms with Gasteiger partial charge in [0.15, 0.2) is 5.78 Å². The van der Waals surface area contributed by atoms with E-state index in [2.05, 4.69) is 13.8 Å². The molecule has 1 aliphatic rings. The van der Waals surface area contributed by atoms with Crippen molar-refractivity contribution in [1.82, 2.24) is 9.97 Å². The van der Waals surface area contributed by atoms with E-state index >= 15 is 0 Å². The van der Waals surface area contributed by atoms with E-state index < -0.39 is 0 Å². The van der Waals surface area contributed by atoms with Gasteiger partial charge in [0.2, 0.25) is 0 Å². The maximum atomic E-state index is 12.8. The summed E-state index contributed by atoms with van der Waals surface area (Å²) in [5.74, 6) is 2.28. The number of hydrogen-bond donors (Lipinski definition) is 0. The van der Waals surface area contributed by atoms with E-state index in [4.69, 9.17) is 14.7 Å². The number of benzene rings is 1. The van der Waals surface area contributed by atoms with Crippen molar-refractivity contribution in [3.8, 4) is 5.75 Å². The molecule has 0 radical (unpaired) electrons. The number of Topliss-reactive ketones (excluding diaryl/α,β-unsaturated/α-hetero) is 1. The molecule has 0 aliphatic heterocycles. The molecule has 2 heterocycles. The molecule has 0 unspecified atom stereocenters. The topological polar surface area (TPSA) is 52.1 Å². The highest BCUT2D eigenvalue weighted by Gasteiger charge is 2.22. The standard InChI is InChI=1S/C22H24N2O2S2/c1-13(2)20-23-21(19-16-9-4-5-10-18(16)28-22(19)24-20)27-12-17(25)14-7-6-8-15(11-14)26-3/h6-8,11,13H,4-5,9-10,12H2,1-3H3.